The molecule has 0 saturated carbocycles. The number of anilines is 3. The van der Waals surface area contributed by atoms with Crippen LogP contribution in [0.2, 0.25) is 0 Å². The minimum absolute atomic E-state index is 0.0872. The molecule has 142 valence electrons. The summed E-state index contributed by atoms with van der Waals surface area (Å²) in [6.07, 6.45) is 0. The van der Waals surface area contributed by atoms with Gasteiger partial charge in [0.05, 0.1) is 0 Å². The first-order chi connectivity index (χ1) is 13.4. The van der Waals surface area contributed by atoms with Crippen molar-refractivity contribution in [3.05, 3.63) is 70.7 Å². The highest BCUT2D eigenvalue weighted by molar-refractivity contribution is 7.14. The Hall–Kier alpha value is -3.52. The number of urea groups is 1. The van der Waals surface area contributed by atoms with E-state index in [0.29, 0.717) is 22.1 Å². The number of amides is 3. The average Bonchev–Trinajstić information content (AvgIpc) is 3.12. The third-order valence-electron chi connectivity index (χ3n) is 3.79. The Morgan fingerprint density at radius 2 is 1.68 bits per heavy atom. The van der Waals surface area contributed by atoms with E-state index in [4.69, 9.17) is 0 Å². The zero-order valence-corrected chi connectivity index (χ0v) is 16.1. The highest BCUT2D eigenvalue weighted by Gasteiger charge is 2.13. The molecule has 28 heavy (non-hydrogen) atoms. The van der Waals surface area contributed by atoms with Gasteiger partial charge in [0.15, 0.2) is 10.9 Å². The van der Waals surface area contributed by atoms with Gasteiger partial charge in [-0.25, -0.2) is 9.78 Å². The second-order valence-corrected chi connectivity index (χ2v) is 6.93. The van der Waals surface area contributed by atoms with Gasteiger partial charge in [0.1, 0.15) is 5.69 Å². The highest BCUT2D eigenvalue weighted by Crippen LogP contribution is 2.18. The van der Waals surface area contributed by atoms with Gasteiger partial charge in [-0.3, -0.25) is 14.9 Å². The molecule has 3 amide bonds. The van der Waals surface area contributed by atoms with E-state index >= 15 is 0 Å². The van der Waals surface area contributed by atoms with Crippen LogP contribution in [0, 0.1) is 6.92 Å². The summed E-state index contributed by atoms with van der Waals surface area (Å²) in [5.74, 6) is -0.514. The summed E-state index contributed by atoms with van der Waals surface area (Å²) < 4.78 is 0. The van der Waals surface area contributed by atoms with Gasteiger partial charge in [-0.05, 0) is 38.1 Å². The predicted octanol–water partition coefficient (Wildman–Crippen LogP) is 4.55. The van der Waals surface area contributed by atoms with E-state index in [1.165, 1.54) is 6.92 Å². The van der Waals surface area contributed by atoms with Gasteiger partial charge in [0, 0.05) is 22.3 Å². The Bertz CT molecular complexity index is 1030. The van der Waals surface area contributed by atoms with E-state index in [9.17, 15) is 14.4 Å². The summed E-state index contributed by atoms with van der Waals surface area (Å²) in [5.41, 5.74) is 2.92. The number of Topliss-reactive ketones (excluding diaryl/α,β-unsaturated/α-hetero) is 1. The molecule has 0 aliphatic heterocycles. The van der Waals surface area contributed by atoms with Crippen molar-refractivity contribution in [2.24, 2.45) is 0 Å². The molecule has 1 aromatic heterocycles. The summed E-state index contributed by atoms with van der Waals surface area (Å²) in [5, 5.41) is 9.83. The number of nitrogens with one attached hydrogen (secondary N) is 3. The largest absolute Gasteiger partial charge is 0.325 e. The quantitative estimate of drug-likeness (QED) is 0.553. The van der Waals surface area contributed by atoms with E-state index < -0.39 is 11.9 Å². The molecule has 2 aromatic carbocycles. The number of benzene rings is 2. The molecule has 0 aliphatic rings. The molecule has 3 N–H and O–H groups in total. The van der Waals surface area contributed by atoms with Crippen LogP contribution in [-0.2, 0) is 0 Å². The fourth-order valence-electron chi connectivity index (χ4n) is 2.34. The summed E-state index contributed by atoms with van der Waals surface area (Å²) >= 11 is 1.14. The third-order valence-corrected chi connectivity index (χ3v) is 4.55. The molecule has 7 nitrogen and oxygen atoms in total. The minimum Gasteiger partial charge on any atom is -0.321 e. The Morgan fingerprint density at radius 1 is 0.929 bits per heavy atom. The number of hydrogen-bond acceptors (Lipinski definition) is 5. The third kappa shape index (κ3) is 5.01. The van der Waals surface area contributed by atoms with E-state index in [1.54, 1.807) is 41.8 Å². The Balaban J connectivity index is 1.60. The maximum atomic E-state index is 12.3. The summed E-state index contributed by atoms with van der Waals surface area (Å²) in [4.78, 5) is 40.0. The number of rotatable bonds is 5. The number of thiazole rings is 1. The molecular formula is C20H18N4O3S. The lowest BCUT2D eigenvalue weighted by Crippen LogP contribution is -2.19. The van der Waals surface area contributed by atoms with Crippen molar-refractivity contribution in [3.63, 3.8) is 0 Å². The maximum Gasteiger partial charge on any atom is 0.325 e. The average molecular weight is 394 g/mol. The Morgan fingerprint density at radius 3 is 2.39 bits per heavy atom. The fourth-order valence-corrected chi connectivity index (χ4v) is 3.03. The maximum absolute atomic E-state index is 12.3. The molecule has 0 bridgehead atoms. The first-order valence-corrected chi connectivity index (χ1v) is 9.31. The molecular weight excluding hydrogens is 376 g/mol. The van der Waals surface area contributed by atoms with Gasteiger partial charge in [0.2, 0.25) is 0 Å². The molecule has 0 unspecified atom stereocenters. The van der Waals surface area contributed by atoms with E-state index in [2.05, 4.69) is 20.9 Å². The first kappa shape index (κ1) is 19.2. The molecule has 0 saturated heterocycles. The van der Waals surface area contributed by atoms with Crippen molar-refractivity contribution < 1.29 is 14.4 Å². The van der Waals surface area contributed by atoms with Crippen LogP contribution < -0.4 is 16.0 Å². The van der Waals surface area contributed by atoms with Gasteiger partial charge in [-0.15, -0.1) is 11.3 Å². The highest BCUT2D eigenvalue weighted by atomic mass is 32.1. The van der Waals surface area contributed by atoms with E-state index in [-0.39, 0.29) is 11.5 Å². The molecule has 0 aliphatic carbocycles. The number of ketones is 1. The number of carbonyl (C=O) groups is 3. The van der Waals surface area contributed by atoms with Crippen molar-refractivity contribution >= 4 is 45.6 Å². The van der Waals surface area contributed by atoms with E-state index in [0.717, 1.165) is 16.9 Å². The van der Waals surface area contributed by atoms with E-state index in [1.807, 2.05) is 19.1 Å². The first-order valence-electron chi connectivity index (χ1n) is 8.43. The van der Waals surface area contributed by atoms with Gasteiger partial charge >= 0.3 is 6.03 Å². The lowest BCUT2D eigenvalue weighted by molar-refractivity contribution is 0.100. The number of nitrogens with zero attached hydrogens (tertiary/aromatic N) is 1. The lowest BCUT2D eigenvalue weighted by atomic mass is 10.1. The number of carbonyl (C=O) groups excluding carboxylic acids is 3. The predicted molar refractivity (Wildman–Crippen MR) is 110 cm³/mol. The summed E-state index contributed by atoms with van der Waals surface area (Å²) in [7, 11) is 0. The topological polar surface area (TPSA) is 100 Å². The molecule has 3 rings (SSSR count). The van der Waals surface area contributed by atoms with Gasteiger partial charge in [-0.2, -0.15) is 0 Å². The Labute approximate surface area is 165 Å². The number of hydrogen-bond donors (Lipinski definition) is 3. The smallest absolute Gasteiger partial charge is 0.321 e. The van der Waals surface area contributed by atoms with Crippen LogP contribution in [0.4, 0.5) is 21.3 Å². The SMILES string of the molecule is CC(=O)c1cccc(NC(=O)c2csc(NC(=O)Nc3ccc(C)cc3)n2)c1. The molecule has 3 aromatic rings. The zero-order valence-electron chi connectivity index (χ0n) is 15.3. The van der Waals surface area contributed by atoms with Crippen molar-refractivity contribution in [3.8, 4) is 0 Å². The minimum atomic E-state index is -0.445. The van der Waals surface area contributed by atoms with Gasteiger partial charge in [0.25, 0.3) is 5.91 Å². The van der Waals surface area contributed by atoms with Crippen LogP contribution in [0.15, 0.2) is 53.9 Å². The summed E-state index contributed by atoms with van der Waals surface area (Å²) in [6.45, 7) is 3.42. The van der Waals surface area contributed by atoms with Gasteiger partial charge in [-0.1, -0.05) is 29.8 Å². The number of aromatic nitrogens is 1. The molecule has 1 heterocycles. The van der Waals surface area contributed by atoms with Crippen LogP contribution in [0.25, 0.3) is 0 Å². The van der Waals surface area contributed by atoms with Crippen molar-refractivity contribution in [1.29, 1.82) is 0 Å². The second-order valence-electron chi connectivity index (χ2n) is 6.07. The lowest BCUT2D eigenvalue weighted by Gasteiger charge is -2.06. The van der Waals surface area contributed by atoms with Crippen molar-refractivity contribution in [1.82, 2.24) is 4.98 Å². The Kier molecular flexibility index (Phi) is 5.81. The molecule has 8 heteroatoms. The number of aryl methyl sites for hydroxylation is 1. The standard InChI is InChI=1S/C20H18N4O3S/c1-12-6-8-15(9-7-12)22-19(27)24-20-23-17(11-28-20)18(26)21-16-5-3-4-14(10-16)13(2)25/h3-11H,1-2H3,(H,21,26)(H2,22,23,24,27). The second kappa shape index (κ2) is 8.45. The normalized spacial score (nSPS) is 10.2. The van der Waals surface area contributed by atoms with Crippen LogP contribution in [0.3, 0.4) is 0 Å². The van der Waals surface area contributed by atoms with Gasteiger partial charge < -0.3 is 10.6 Å². The molecule has 0 spiro atoms. The van der Waals surface area contributed by atoms with Crippen LogP contribution in [0.1, 0.15) is 33.3 Å². The summed E-state index contributed by atoms with van der Waals surface area (Å²) in [6, 6.07) is 13.6. The fraction of sp³-hybridized carbons (Fsp3) is 0.100. The van der Waals surface area contributed by atoms with Crippen LogP contribution >= 0.6 is 11.3 Å². The monoisotopic (exact) mass is 394 g/mol. The molecule has 0 radical (unpaired) electrons. The van der Waals surface area contributed by atoms with Crippen molar-refractivity contribution in [2.75, 3.05) is 16.0 Å². The zero-order chi connectivity index (χ0) is 20.1. The van der Waals surface area contributed by atoms with Crippen LogP contribution in [-0.4, -0.2) is 22.7 Å². The molecule has 0 fully saturated rings. The molecule has 0 atom stereocenters. The van der Waals surface area contributed by atoms with Crippen molar-refractivity contribution in [2.45, 2.75) is 13.8 Å². The van der Waals surface area contributed by atoms with Crippen LogP contribution in [0.5, 0.6) is 0 Å².